The smallest absolute Gasteiger partial charge is 0.0779 e. The van der Waals surface area contributed by atoms with Crippen LogP contribution in [0.5, 0.6) is 0 Å². The van der Waals surface area contributed by atoms with Crippen LogP contribution in [0.15, 0.2) is 18.3 Å². The van der Waals surface area contributed by atoms with E-state index in [0.717, 1.165) is 11.3 Å². The number of aryl methyl sites for hydroxylation is 1. The topological polar surface area (TPSA) is 33.1 Å². The highest BCUT2D eigenvalue weighted by Gasteiger charge is 2.02. The average Bonchev–Trinajstić information content (AvgIpc) is 1.88. The van der Waals surface area contributed by atoms with Gasteiger partial charge >= 0.3 is 0 Å². The molecule has 0 radical (unpaired) electrons. The van der Waals surface area contributed by atoms with Crippen LogP contribution < -0.4 is 0 Å². The van der Waals surface area contributed by atoms with E-state index in [9.17, 15) is 0 Å². The lowest BCUT2D eigenvalue weighted by Crippen LogP contribution is -1.95. The molecule has 0 amide bonds. The van der Waals surface area contributed by atoms with Crippen molar-refractivity contribution in [1.82, 2.24) is 4.98 Å². The molecule has 0 saturated heterocycles. The minimum Gasteiger partial charge on any atom is -0.389 e. The van der Waals surface area contributed by atoms with E-state index in [4.69, 9.17) is 5.11 Å². The summed E-state index contributed by atoms with van der Waals surface area (Å²) in [6, 6.07) is 3.71. The van der Waals surface area contributed by atoms with Crippen LogP contribution in [-0.4, -0.2) is 10.1 Å². The average molecular weight is 137 g/mol. The summed E-state index contributed by atoms with van der Waals surface area (Å²) in [4.78, 5) is 4.04. The molecular weight excluding hydrogens is 126 g/mol. The summed E-state index contributed by atoms with van der Waals surface area (Å²) in [5, 5.41) is 9.16. The number of aromatic nitrogens is 1. The predicted octanol–water partition coefficient (Wildman–Crippen LogP) is 1.44. The Kier molecular flexibility index (Phi) is 2.02. The second-order valence-corrected chi connectivity index (χ2v) is 2.35. The summed E-state index contributed by atoms with van der Waals surface area (Å²) < 4.78 is 0. The number of pyridine rings is 1. The number of hydrogen-bond acceptors (Lipinski definition) is 2. The first-order valence-electron chi connectivity index (χ1n) is 3.31. The molecule has 0 saturated carbocycles. The number of hydrogen-bond donors (Lipinski definition) is 1. The van der Waals surface area contributed by atoms with Crippen LogP contribution in [0.4, 0.5) is 0 Å². The van der Waals surface area contributed by atoms with Crippen molar-refractivity contribution >= 4 is 0 Å². The van der Waals surface area contributed by atoms with E-state index in [1.165, 1.54) is 0 Å². The molecule has 1 unspecified atom stereocenters. The van der Waals surface area contributed by atoms with Crippen molar-refractivity contribution in [2.45, 2.75) is 20.0 Å². The summed E-state index contributed by atoms with van der Waals surface area (Å²) in [6.07, 6.45) is 1.31. The van der Waals surface area contributed by atoms with Crippen LogP contribution in [0.3, 0.4) is 0 Å². The van der Waals surface area contributed by atoms with Gasteiger partial charge in [0.2, 0.25) is 0 Å². The van der Waals surface area contributed by atoms with Gasteiger partial charge in [0, 0.05) is 17.5 Å². The zero-order chi connectivity index (χ0) is 7.56. The van der Waals surface area contributed by atoms with Gasteiger partial charge in [0.05, 0.1) is 6.10 Å². The van der Waals surface area contributed by atoms with E-state index in [-0.39, 0.29) is 0 Å². The molecule has 2 nitrogen and oxygen atoms in total. The lowest BCUT2D eigenvalue weighted by molar-refractivity contribution is 0.198. The van der Waals surface area contributed by atoms with Crippen molar-refractivity contribution in [2.75, 3.05) is 0 Å². The van der Waals surface area contributed by atoms with E-state index in [1.54, 1.807) is 13.1 Å². The van der Waals surface area contributed by atoms with Crippen LogP contribution in [0.25, 0.3) is 0 Å². The zero-order valence-electron chi connectivity index (χ0n) is 6.20. The largest absolute Gasteiger partial charge is 0.389 e. The first kappa shape index (κ1) is 7.22. The maximum Gasteiger partial charge on any atom is 0.0779 e. The van der Waals surface area contributed by atoms with Crippen molar-refractivity contribution in [3.05, 3.63) is 29.6 Å². The van der Waals surface area contributed by atoms with Gasteiger partial charge in [-0.25, -0.2) is 0 Å². The van der Waals surface area contributed by atoms with Crippen LogP contribution in [0.1, 0.15) is 24.3 Å². The Morgan fingerprint density at radius 2 is 2.30 bits per heavy atom. The summed E-state index contributed by atoms with van der Waals surface area (Å²) in [5.74, 6) is 0. The lowest BCUT2D eigenvalue weighted by Gasteiger charge is -2.05. The number of rotatable bonds is 1. The molecule has 2 heteroatoms. The molecule has 0 aliphatic rings. The van der Waals surface area contributed by atoms with Crippen LogP contribution in [0, 0.1) is 6.92 Å². The highest BCUT2D eigenvalue weighted by molar-refractivity contribution is 5.19. The fourth-order valence-electron chi connectivity index (χ4n) is 0.938. The quantitative estimate of drug-likeness (QED) is 0.635. The molecule has 0 bridgehead atoms. The minimum absolute atomic E-state index is 0.409. The molecule has 10 heavy (non-hydrogen) atoms. The molecule has 1 rings (SSSR count). The molecule has 1 aromatic heterocycles. The molecule has 1 heterocycles. The highest BCUT2D eigenvalue weighted by atomic mass is 16.3. The molecule has 0 aliphatic carbocycles. The molecule has 0 spiro atoms. The van der Waals surface area contributed by atoms with Gasteiger partial charge in [-0.3, -0.25) is 4.98 Å². The van der Waals surface area contributed by atoms with Gasteiger partial charge in [-0.05, 0) is 19.9 Å². The number of aliphatic hydroxyl groups excluding tert-OH is 1. The van der Waals surface area contributed by atoms with E-state index in [0.29, 0.717) is 0 Å². The molecule has 54 valence electrons. The van der Waals surface area contributed by atoms with Crippen molar-refractivity contribution in [3.63, 3.8) is 0 Å². The van der Waals surface area contributed by atoms with E-state index in [1.807, 2.05) is 19.1 Å². The van der Waals surface area contributed by atoms with Gasteiger partial charge in [0.1, 0.15) is 0 Å². The molecule has 0 fully saturated rings. The Morgan fingerprint density at radius 1 is 1.60 bits per heavy atom. The van der Waals surface area contributed by atoms with Gasteiger partial charge in [-0.15, -0.1) is 0 Å². The fourth-order valence-corrected chi connectivity index (χ4v) is 0.938. The Bertz CT molecular complexity index is 220. The Hall–Kier alpha value is -0.890. The monoisotopic (exact) mass is 137 g/mol. The third-order valence-corrected chi connectivity index (χ3v) is 1.50. The van der Waals surface area contributed by atoms with Crippen molar-refractivity contribution < 1.29 is 5.11 Å². The van der Waals surface area contributed by atoms with Crippen LogP contribution in [-0.2, 0) is 0 Å². The normalized spacial score (nSPS) is 13.1. The van der Waals surface area contributed by atoms with Crippen molar-refractivity contribution in [1.29, 1.82) is 0 Å². The van der Waals surface area contributed by atoms with Gasteiger partial charge in [0.25, 0.3) is 0 Å². The third-order valence-electron chi connectivity index (χ3n) is 1.50. The maximum atomic E-state index is 9.16. The predicted molar refractivity (Wildman–Crippen MR) is 39.6 cm³/mol. The van der Waals surface area contributed by atoms with E-state index in [2.05, 4.69) is 4.98 Å². The second kappa shape index (κ2) is 2.80. The van der Waals surface area contributed by atoms with E-state index >= 15 is 0 Å². The van der Waals surface area contributed by atoms with Crippen LogP contribution >= 0.6 is 0 Å². The molecule has 1 atom stereocenters. The van der Waals surface area contributed by atoms with Gasteiger partial charge < -0.3 is 5.11 Å². The minimum atomic E-state index is -0.409. The summed E-state index contributed by atoms with van der Waals surface area (Å²) in [7, 11) is 0. The first-order valence-corrected chi connectivity index (χ1v) is 3.31. The Balaban J connectivity index is 3.03. The number of aliphatic hydroxyl groups is 1. The zero-order valence-corrected chi connectivity index (χ0v) is 6.20. The Labute approximate surface area is 60.5 Å². The lowest BCUT2D eigenvalue weighted by atomic mass is 10.1. The SMILES string of the molecule is Cc1ncccc1C(C)O. The molecule has 1 aromatic rings. The first-order chi connectivity index (χ1) is 4.72. The standard InChI is InChI=1S/C8H11NO/c1-6-8(7(2)10)4-3-5-9-6/h3-5,7,10H,1-2H3. The van der Waals surface area contributed by atoms with Crippen molar-refractivity contribution in [2.24, 2.45) is 0 Å². The van der Waals surface area contributed by atoms with Gasteiger partial charge in [-0.2, -0.15) is 0 Å². The van der Waals surface area contributed by atoms with Crippen molar-refractivity contribution in [3.8, 4) is 0 Å². The van der Waals surface area contributed by atoms with Gasteiger partial charge in [0.15, 0.2) is 0 Å². The highest BCUT2D eigenvalue weighted by Crippen LogP contribution is 2.13. The fraction of sp³-hybridized carbons (Fsp3) is 0.375. The van der Waals surface area contributed by atoms with E-state index < -0.39 is 6.10 Å². The third kappa shape index (κ3) is 1.33. The summed E-state index contributed by atoms with van der Waals surface area (Å²) in [6.45, 7) is 3.63. The molecule has 0 aromatic carbocycles. The maximum absolute atomic E-state index is 9.16. The molecule has 1 N–H and O–H groups in total. The summed E-state index contributed by atoms with van der Waals surface area (Å²) in [5.41, 5.74) is 1.81. The van der Waals surface area contributed by atoms with Gasteiger partial charge in [-0.1, -0.05) is 6.07 Å². The number of nitrogens with zero attached hydrogens (tertiary/aromatic N) is 1. The second-order valence-electron chi connectivity index (χ2n) is 2.35. The summed E-state index contributed by atoms with van der Waals surface area (Å²) >= 11 is 0. The Morgan fingerprint density at radius 3 is 2.70 bits per heavy atom. The molecule has 0 aliphatic heterocycles. The molecular formula is C8H11NO. The van der Waals surface area contributed by atoms with Crippen LogP contribution in [0.2, 0.25) is 0 Å².